The number of nitrogens with one attached hydrogen (secondary N) is 1. The van der Waals surface area contributed by atoms with Gasteiger partial charge in [0.05, 0.1) is 40.9 Å². The van der Waals surface area contributed by atoms with Crippen LogP contribution >= 0.6 is 7.82 Å². The molecule has 0 saturated carbocycles. The highest BCUT2D eigenvalue weighted by Crippen LogP contribution is 2.38. The molecule has 0 aliphatic carbocycles. The molecule has 0 rings (SSSR count). The Balaban J connectivity index is 3.48. The highest BCUT2D eigenvalue weighted by atomic mass is 31.2. The Morgan fingerprint density at radius 1 is 0.963 bits per heavy atom. The lowest BCUT2D eigenvalue weighted by Gasteiger charge is -2.25. The van der Waals surface area contributed by atoms with Gasteiger partial charge in [0.2, 0.25) is 5.91 Å². The molecular weight excluding hydrogens is 367 g/mol. The van der Waals surface area contributed by atoms with Gasteiger partial charge >= 0.3 is 0 Å². The summed E-state index contributed by atoms with van der Waals surface area (Å²) in [4.78, 5) is 22.9. The third-order valence-electron chi connectivity index (χ3n) is 3.97. The van der Waals surface area contributed by atoms with Gasteiger partial charge < -0.3 is 23.7 Å². The Morgan fingerprint density at radius 2 is 1.44 bits per heavy atom. The van der Waals surface area contributed by atoms with Gasteiger partial charge in [-0.05, 0) is 32.6 Å². The van der Waals surface area contributed by atoms with Crippen molar-refractivity contribution in [2.45, 2.75) is 58.3 Å². The summed E-state index contributed by atoms with van der Waals surface area (Å²) >= 11 is 0. The molecule has 8 heteroatoms. The molecule has 0 fully saturated rings. The average molecular weight is 407 g/mol. The fourth-order valence-corrected chi connectivity index (χ4v) is 3.15. The van der Waals surface area contributed by atoms with Gasteiger partial charge in [0.1, 0.15) is 0 Å². The van der Waals surface area contributed by atoms with Crippen molar-refractivity contribution in [2.24, 2.45) is 0 Å². The number of amides is 1. The fourth-order valence-electron chi connectivity index (χ4n) is 2.37. The zero-order valence-electron chi connectivity index (χ0n) is 17.6. The highest BCUT2D eigenvalue weighted by molar-refractivity contribution is 7.45. The number of hydrogen-bond acceptors (Lipinski definition) is 5. The normalized spacial score (nSPS) is 14.0. The lowest BCUT2D eigenvalue weighted by Crippen LogP contribution is -2.35. The van der Waals surface area contributed by atoms with Gasteiger partial charge in [-0.15, -0.1) is 0 Å². The van der Waals surface area contributed by atoms with Crippen LogP contribution in [0.25, 0.3) is 0 Å². The minimum absolute atomic E-state index is 0.0928. The van der Waals surface area contributed by atoms with Crippen LogP contribution in [0.5, 0.6) is 0 Å². The smallest absolute Gasteiger partial charge is 0.267 e. The van der Waals surface area contributed by atoms with Gasteiger partial charge in [-0.1, -0.05) is 32.3 Å². The molecule has 0 aromatic rings. The first-order chi connectivity index (χ1) is 12.5. The number of hydrogen-bond donors (Lipinski definition) is 1. The average Bonchev–Trinajstić information content (AvgIpc) is 2.54. The van der Waals surface area contributed by atoms with Crippen molar-refractivity contribution in [1.82, 2.24) is 5.32 Å². The number of carbonyl (C=O) groups is 1. The van der Waals surface area contributed by atoms with Gasteiger partial charge in [0, 0.05) is 12.1 Å². The molecule has 27 heavy (non-hydrogen) atoms. The highest BCUT2D eigenvalue weighted by Gasteiger charge is 2.10. The largest absolute Gasteiger partial charge is 0.756 e. The summed E-state index contributed by atoms with van der Waals surface area (Å²) in [5, 5.41) is 2.80. The summed E-state index contributed by atoms with van der Waals surface area (Å²) in [7, 11) is 2.14. The molecule has 1 atom stereocenters. The Morgan fingerprint density at radius 3 is 1.96 bits per heavy atom. The molecule has 0 radical (unpaired) electrons. The number of carbonyl (C=O) groups excluding carboxylic acids is 1. The second-order valence-corrected chi connectivity index (χ2v) is 9.40. The second kappa shape index (κ2) is 14.3. The molecule has 7 nitrogen and oxygen atoms in total. The predicted molar refractivity (Wildman–Crippen MR) is 107 cm³/mol. The minimum Gasteiger partial charge on any atom is -0.756 e. The zero-order valence-corrected chi connectivity index (χ0v) is 18.5. The Labute approximate surface area is 165 Å². The van der Waals surface area contributed by atoms with E-state index in [0.717, 1.165) is 49.6 Å². The third-order valence-corrected chi connectivity index (χ3v) is 4.96. The maximum absolute atomic E-state index is 11.6. The molecule has 1 N–H and O–H groups in total. The first-order valence-electron chi connectivity index (χ1n) is 9.88. The van der Waals surface area contributed by atoms with Crippen LogP contribution in [0, 0.1) is 0 Å². The number of nitrogens with zero attached hydrogens (tertiary/aromatic N) is 1. The maximum atomic E-state index is 11.6. The fraction of sp³-hybridized carbons (Fsp3) is 0.842. The van der Waals surface area contributed by atoms with E-state index in [2.05, 4.69) is 33.0 Å². The lowest BCUT2D eigenvalue weighted by atomic mass is 10.1. The molecule has 160 valence electrons. The van der Waals surface area contributed by atoms with Crippen LogP contribution in [0.1, 0.15) is 58.3 Å². The molecule has 0 aliphatic rings. The van der Waals surface area contributed by atoms with E-state index in [1.165, 1.54) is 0 Å². The molecule has 0 aliphatic heterocycles. The van der Waals surface area contributed by atoms with E-state index >= 15 is 0 Å². The van der Waals surface area contributed by atoms with Crippen molar-refractivity contribution < 1.29 is 27.8 Å². The van der Waals surface area contributed by atoms with Crippen LogP contribution in [0.2, 0.25) is 0 Å². The molecule has 0 bridgehead atoms. The molecule has 0 aromatic heterocycles. The van der Waals surface area contributed by atoms with Crippen molar-refractivity contribution in [3.63, 3.8) is 0 Å². The van der Waals surface area contributed by atoms with E-state index in [1.54, 1.807) is 6.92 Å². The standard InChI is InChI=1S/C19H39N2O5P/c1-18(2)19(22)20-14-10-8-6-7-9-12-16-25-27(23,24)26-17-13-11-15-21(3,4)5/h1,6-17H2,2-5H3,(H-,20,22,23,24). The van der Waals surface area contributed by atoms with Gasteiger partial charge in [0.25, 0.3) is 7.82 Å². The zero-order chi connectivity index (χ0) is 20.8. The van der Waals surface area contributed by atoms with Crippen LogP contribution in [0.15, 0.2) is 12.2 Å². The van der Waals surface area contributed by atoms with E-state index in [0.29, 0.717) is 25.0 Å². The van der Waals surface area contributed by atoms with E-state index in [-0.39, 0.29) is 19.1 Å². The van der Waals surface area contributed by atoms with Crippen molar-refractivity contribution in [2.75, 3.05) is 47.4 Å². The Hall–Kier alpha value is -0.720. The number of unbranched alkanes of at least 4 members (excludes halogenated alkanes) is 6. The maximum Gasteiger partial charge on any atom is 0.267 e. The predicted octanol–water partition coefficient (Wildman–Crippen LogP) is 3.01. The summed E-state index contributed by atoms with van der Waals surface area (Å²) < 4.78 is 22.3. The van der Waals surface area contributed by atoms with Crippen LogP contribution in [0.3, 0.4) is 0 Å². The van der Waals surface area contributed by atoms with Crippen molar-refractivity contribution in [3.8, 4) is 0 Å². The monoisotopic (exact) mass is 406 g/mol. The van der Waals surface area contributed by atoms with E-state index in [9.17, 15) is 14.3 Å². The summed E-state index contributed by atoms with van der Waals surface area (Å²) in [6.07, 6.45) is 7.29. The number of quaternary nitrogens is 1. The molecular formula is C19H39N2O5P. The van der Waals surface area contributed by atoms with Crippen LogP contribution < -0.4 is 10.2 Å². The molecule has 1 amide bonds. The number of rotatable bonds is 17. The van der Waals surface area contributed by atoms with Crippen LogP contribution in [-0.2, 0) is 18.4 Å². The minimum atomic E-state index is -4.16. The van der Waals surface area contributed by atoms with Gasteiger partial charge in [0.15, 0.2) is 0 Å². The van der Waals surface area contributed by atoms with Gasteiger partial charge in [-0.2, -0.15) is 0 Å². The summed E-state index contributed by atoms with van der Waals surface area (Å²) in [5.74, 6) is -0.0928. The lowest BCUT2D eigenvalue weighted by molar-refractivity contribution is -0.870. The second-order valence-electron chi connectivity index (χ2n) is 7.99. The van der Waals surface area contributed by atoms with Crippen LogP contribution in [-0.4, -0.2) is 57.8 Å². The summed E-state index contributed by atoms with van der Waals surface area (Å²) in [5.41, 5.74) is 0.527. The van der Waals surface area contributed by atoms with Crippen molar-refractivity contribution in [1.29, 1.82) is 0 Å². The topological polar surface area (TPSA) is 87.7 Å². The van der Waals surface area contributed by atoms with Crippen molar-refractivity contribution >= 4 is 13.7 Å². The third kappa shape index (κ3) is 18.4. The first-order valence-corrected chi connectivity index (χ1v) is 11.3. The molecule has 0 heterocycles. The molecule has 0 aromatic carbocycles. The Bertz CT molecular complexity index is 477. The SMILES string of the molecule is C=C(C)C(=O)NCCCCCCCCOP(=O)([O-])OCCCC[N+](C)(C)C. The summed E-state index contributed by atoms with van der Waals surface area (Å²) in [6.45, 7) is 7.28. The summed E-state index contributed by atoms with van der Waals surface area (Å²) in [6, 6.07) is 0. The Kier molecular flexibility index (Phi) is 13.9. The molecule has 0 spiro atoms. The number of phosphoric ester groups is 1. The molecule has 0 saturated heterocycles. The van der Waals surface area contributed by atoms with E-state index in [1.807, 2.05) is 0 Å². The van der Waals surface area contributed by atoms with E-state index in [4.69, 9.17) is 9.05 Å². The van der Waals surface area contributed by atoms with Crippen molar-refractivity contribution in [3.05, 3.63) is 12.2 Å². The van der Waals surface area contributed by atoms with E-state index < -0.39 is 7.82 Å². The number of phosphoric acid groups is 1. The van der Waals surface area contributed by atoms with Gasteiger partial charge in [-0.25, -0.2) is 0 Å². The first kappa shape index (κ1) is 26.3. The molecule has 1 unspecified atom stereocenters. The quantitative estimate of drug-likeness (QED) is 0.174. The van der Waals surface area contributed by atoms with Crippen LogP contribution in [0.4, 0.5) is 0 Å². The van der Waals surface area contributed by atoms with Gasteiger partial charge in [-0.3, -0.25) is 9.36 Å².